The predicted molar refractivity (Wildman–Crippen MR) is 78.2 cm³/mol. The first kappa shape index (κ1) is 15.5. The Labute approximate surface area is 130 Å². The summed E-state index contributed by atoms with van der Waals surface area (Å²) in [5.74, 6) is -1.45. The van der Waals surface area contributed by atoms with Crippen molar-refractivity contribution in [3.63, 3.8) is 0 Å². The van der Waals surface area contributed by atoms with E-state index in [9.17, 15) is 22.4 Å². The molecule has 0 aliphatic carbocycles. The molecule has 1 amide bonds. The normalized spacial score (nSPS) is 14.3. The zero-order valence-corrected chi connectivity index (χ0v) is 12.5. The Morgan fingerprint density at radius 1 is 1.04 bits per heavy atom. The van der Waals surface area contributed by atoms with Gasteiger partial charge in [-0.1, -0.05) is 6.07 Å². The van der Waals surface area contributed by atoms with E-state index in [0.717, 1.165) is 22.1 Å². The maximum Gasteiger partial charge on any atom is 0.416 e. The molecule has 2 aromatic carbocycles. The first-order valence-electron chi connectivity index (χ1n) is 6.98. The highest BCUT2D eigenvalue weighted by atomic mass is 19.4. The maximum atomic E-state index is 14.0. The summed E-state index contributed by atoms with van der Waals surface area (Å²) in [6.45, 7) is 3.73. The number of alkyl halides is 3. The second-order valence-electron chi connectivity index (χ2n) is 5.63. The van der Waals surface area contributed by atoms with Crippen LogP contribution in [0.15, 0.2) is 30.3 Å². The third kappa shape index (κ3) is 2.58. The summed E-state index contributed by atoms with van der Waals surface area (Å²) < 4.78 is 52.7. The Morgan fingerprint density at radius 3 is 2.35 bits per heavy atom. The van der Waals surface area contributed by atoms with Gasteiger partial charge in [0.2, 0.25) is 5.91 Å². The van der Waals surface area contributed by atoms with Crippen molar-refractivity contribution < 1.29 is 22.4 Å². The average Bonchev–Trinajstić information content (AvgIpc) is 2.78. The number of carbonyl (C=O) groups excluding carboxylic acids is 1. The summed E-state index contributed by atoms with van der Waals surface area (Å²) in [6.07, 6.45) is -4.91. The molecular weight excluding hydrogens is 310 g/mol. The molecule has 0 unspecified atom stereocenters. The number of nitrogens with zero attached hydrogens (tertiary/aromatic N) is 1. The number of hydrogen-bond acceptors (Lipinski definition) is 1. The van der Waals surface area contributed by atoms with Crippen molar-refractivity contribution in [3.05, 3.63) is 58.4 Å². The Kier molecular flexibility index (Phi) is 3.43. The molecule has 0 saturated heterocycles. The molecule has 0 spiro atoms. The van der Waals surface area contributed by atoms with Crippen LogP contribution in [-0.2, 0) is 17.4 Å². The van der Waals surface area contributed by atoms with Gasteiger partial charge in [-0.05, 0) is 49.2 Å². The highest BCUT2D eigenvalue weighted by Gasteiger charge is 2.37. The van der Waals surface area contributed by atoms with Crippen LogP contribution < -0.4 is 4.90 Å². The van der Waals surface area contributed by atoms with E-state index < -0.39 is 23.5 Å². The standard InChI is InChI=1S/C17H13F4NO/c1-9-3-4-12(5-10(9)2)22-15-7-11(17(19,20)21)6-14(18)13(15)8-16(22)23/h3-7H,8H2,1-2H3. The Balaban J connectivity index is 2.17. The highest BCUT2D eigenvalue weighted by molar-refractivity contribution is 6.07. The Hall–Kier alpha value is -2.37. The van der Waals surface area contributed by atoms with Crippen LogP contribution >= 0.6 is 0 Å². The molecule has 0 fully saturated rings. The maximum absolute atomic E-state index is 14.0. The molecule has 0 atom stereocenters. The summed E-state index contributed by atoms with van der Waals surface area (Å²) in [4.78, 5) is 13.4. The molecular formula is C17H13F4NO. The largest absolute Gasteiger partial charge is 0.416 e. The quantitative estimate of drug-likeness (QED) is 0.698. The van der Waals surface area contributed by atoms with Gasteiger partial charge in [0.15, 0.2) is 0 Å². The molecule has 1 aliphatic rings. The van der Waals surface area contributed by atoms with Gasteiger partial charge < -0.3 is 0 Å². The number of anilines is 2. The van der Waals surface area contributed by atoms with Crippen LogP contribution in [0.1, 0.15) is 22.3 Å². The monoisotopic (exact) mass is 323 g/mol. The Bertz CT molecular complexity index is 811. The molecule has 0 N–H and O–H groups in total. The topological polar surface area (TPSA) is 20.3 Å². The fourth-order valence-corrected chi connectivity index (χ4v) is 2.67. The van der Waals surface area contributed by atoms with Crippen molar-refractivity contribution in [3.8, 4) is 0 Å². The van der Waals surface area contributed by atoms with Crippen molar-refractivity contribution in [1.82, 2.24) is 0 Å². The lowest BCUT2D eigenvalue weighted by atomic mass is 10.1. The number of halogens is 4. The lowest BCUT2D eigenvalue weighted by Gasteiger charge is -2.20. The molecule has 1 aliphatic heterocycles. The number of fused-ring (bicyclic) bond motifs is 1. The summed E-state index contributed by atoms with van der Waals surface area (Å²) in [6, 6.07) is 6.41. The van der Waals surface area contributed by atoms with Gasteiger partial charge in [0.1, 0.15) is 5.82 Å². The zero-order valence-electron chi connectivity index (χ0n) is 12.5. The SMILES string of the molecule is Cc1ccc(N2C(=O)Cc3c(F)cc(C(F)(F)F)cc32)cc1C. The van der Waals surface area contributed by atoms with E-state index in [1.165, 1.54) is 0 Å². The summed E-state index contributed by atoms with van der Waals surface area (Å²) in [5, 5.41) is 0. The lowest BCUT2D eigenvalue weighted by molar-refractivity contribution is -0.137. The number of hydrogen-bond donors (Lipinski definition) is 0. The van der Waals surface area contributed by atoms with E-state index in [2.05, 4.69) is 0 Å². The third-order valence-electron chi connectivity index (χ3n) is 4.07. The van der Waals surface area contributed by atoms with Crippen LogP contribution in [0.3, 0.4) is 0 Å². The first-order chi connectivity index (χ1) is 10.7. The summed E-state index contributed by atoms with van der Waals surface area (Å²) in [7, 11) is 0. The number of benzene rings is 2. The van der Waals surface area contributed by atoms with E-state index in [4.69, 9.17) is 0 Å². The van der Waals surface area contributed by atoms with E-state index in [1.807, 2.05) is 13.8 Å². The van der Waals surface area contributed by atoms with E-state index in [1.54, 1.807) is 18.2 Å². The van der Waals surface area contributed by atoms with Gasteiger partial charge in [-0.3, -0.25) is 9.69 Å². The molecule has 0 radical (unpaired) electrons. The van der Waals surface area contributed by atoms with E-state index in [0.29, 0.717) is 11.8 Å². The number of aryl methyl sites for hydroxylation is 2. The fraction of sp³-hybridized carbons (Fsp3) is 0.235. The third-order valence-corrected chi connectivity index (χ3v) is 4.07. The molecule has 0 saturated carbocycles. The van der Waals surface area contributed by atoms with Crippen molar-refractivity contribution in [1.29, 1.82) is 0 Å². The van der Waals surface area contributed by atoms with Crippen molar-refractivity contribution >= 4 is 17.3 Å². The van der Waals surface area contributed by atoms with Crippen molar-refractivity contribution in [2.45, 2.75) is 26.4 Å². The van der Waals surface area contributed by atoms with Crippen LogP contribution in [0.5, 0.6) is 0 Å². The molecule has 0 bridgehead atoms. The number of amides is 1. The molecule has 2 nitrogen and oxygen atoms in total. The van der Waals surface area contributed by atoms with Gasteiger partial charge in [-0.25, -0.2) is 4.39 Å². The first-order valence-corrected chi connectivity index (χ1v) is 6.98. The Morgan fingerprint density at radius 2 is 1.74 bits per heavy atom. The molecule has 6 heteroatoms. The van der Waals surface area contributed by atoms with Crippen LogP contribution in [0, 0.1) is 19.7 Å². The summed E-state index contributed by atoms with van der Waals surface area (Å²) >= 11 is 0. The average molecular weight is 323 g/mol. The fourth-order valence-electron chi connectivity index (χ4n) is 2.67. The molecule has 23 heavy (non-hydrogen) atoms. The van der Waals surface area contributed by atoms with Gasteiger partial charge in [0.25, 0.3) is 0 Å². The minimum absolute atomic E-state index is 0.00114. The zero-order chi connectivity index (χ0) is 16.9. The minimum atomic E-state index is -4.67. The van der Waals surface area contributed by atoms with E-state index >= 15 is 0 Å². The van der Waals surface area contributed by atoms with Crippen molar-refractivity contribution in [2.75, 3.05) is 4.90 Å². The highest BCUT2D eigenvalue weighted by Crippen LogP contribution is 2.41. The second-order valence-corrected chi connectivity index (χ2v) is 5.63. The smallest absolute Gasteiger partial charge is 0.280 e. The summed E-state index contributed by atoms with van der Waals surface area (Å²) in [5.41, 5.74) is 1.20. The second kappa shape index (κ2) is 5.08. The van der Waals surface area contributed by atoms with Crippen molar-refractivity contribution in [2.24, 2.45) is 0 Å². The molecule has 2 aromatic rings. The lowest BCUT2D eigenvalue weighted by Crippen LogP contribution is -2.21. The molecule has 1 heterocycles. The molecule has 120 valence electrons. The molecule has 3 rings (SSSR count). The van der Waals surface area contributed by atoms with Crippen LogP contribution in [0.4, 0.5) is 28.9 Å². The van der Waals surface area contributed by atoms with Crippen LogP contribution in [0.25, 0.3) is 0 Å². The number of rotatable bonds is 1. The van der Waals surface area contributed by atoms with Gasteiger partial charge in [0.05, 0.1) is 17.7 Å². The predicted octanol–water partition coefficient (Wildman–Crippen LogP) is 4.68. The van der Waals surface area contributed by atoms with Gasteiger partial charge >= 0.3 is 6.18 Å². The minimum Gasteiger partial charge on any atom is -0.280 e. The van der Waals surface area contributed by atoms with Crippen LogP contribution in [0.2, 0.25) is 0 Å². The van der Waals surface area contributed by atoms with Crippen LogP contribution in [-0.4, -0.2) is 5.91 Å². The number of carbonyl (C=O) groups is 1. The van der Waals surface area contributed by atoms with E-state index in [-0.39, 0.29) is 17.7 Å². The van der Waals surface area contributed by atoms with Gasteiger partial charge in [-0.15, -0.1) is 0 Å². The van der Waals surface area contributed by atoms with Gasteiger partial charge in [0, 0.05) is 11.3 Å². The molecule has 0 aromatic heterocycles. The van der Waals surface area contributed by atoms with Gasteiger partial charge in [-0.2, -0.15) is 13.2 Å².